The molecule has 3 rings (SSSR count). The molecule has 0 aromatic heterocycles. The van der Waals surface area contributed by atoms with E-state index in [2.05, 4.69) is 5.32 Å². The van der Waals surface area contributed by atoms with Crippen molar-refractivity contribution in [3.8, 4) is 0 Å². The molecule has 0 spiro atoms. The Balaban J connectivity index is 2.11. The molecule has 1 atom stereocenters. The van der Waals surface area contributed by atoms with E-state index in [9.17, 15) is 18.0 Å². The molecule has 0 bridgehead atoms. The third-order valence-electron chi connectivity index (χ3n) is 6.34. The number of hydrogen-bond acceptors (Lipinski definition) is 4. The lowest BCUT2D eigenvalue weighted by Gasteiger charge is -2.33. The Labute approximate surface area is 240 Å². The van der Waals surface area contributed by atoms with Gasteiger partial charge in [-0.05, 0) is 74.2 Å². The van der Waals surface area contributed by atoms with Crippen molar-refractivity contribution in [3.63, 3.8) is 0 Å². The molecule has 2 amide bonds. The second kappa shape index (κ2) is 13.3. The molecule has 0 aliphatic rings. The van der Waals surface area contributed by atoms with Gasteiger partial charge in [-0.15, -0.1) is 0 Å². The molecule has 10 heteroatoms. The molecule has 0 unspecified atom stereocenters. The quantitative estimate of drug-likeness (QED) is 0.308. The van der Waals surface area contributed by atoms with Crippen molar-refractivity contribution < 1.29 is 18.0 Å². The van der Waals surface area contributed by atoms with Gasteiger partial charge in [0.05, 0.1) is 10.6 Å². The van der Waals surface area contributed by atoms with E-state index < -0.39 is 28.5 Å². The largest absolute Gasteiger partial charge is 0.355 e. The van der Waals surface area contributed by atoms with E-state index in [4.69, 9.17) is 23.2 Å². The van der Waals surface area contributed by atoms with Crippen LogP contribution in [0.2, 0.25) is 10.0 Å². The normalized spacial score (nSPS) is 12.1. The first-order valence-corrected chi connectivity index (χ1v) is 14.8. The number of anilines is 1. The van der Waals surface area contributed by atoms with Gasteiger partial charge in [-0.2, -0.15) is 0 Å². The second-order valence-electron chi connectivity index (χ2n) is 9.19. The minimum Gasteiger partial charge on any atom is -0.355 e. The zero-order valence-corrected chi connectivity index (χ0v) is 24.8. The van der Waals surface area contributed by atoms with E-state index in [1.54, 1.807) is 63.2 Å². The molecular weight excluding hydrogens is 557 g/mol. The monoisotopic (exact) mass is 589 g/mol. The molecule has 0 fully saturated rings. The van der Waals surface area contributed by atoms with Gasteiger partial charge in [-0.3, -0.25) is 13.9 Å². The lowest BCUT2D eigenvalue weighted by Crippen LogP contribution is -2.52. The number of benzene rings is 3. The Morgan fingerprint density at radius 3 is 2.26 bits per heavy atom. The summed E-state index contributed by atoms with van der Waals surface area (Å²) in [5.41, 5.74) is 2.51. The second-order valence-corrected chi connectivity index (χ2v) is 11.9. The van der Waals surface area contributed by atoms with E-state index in [1.165, 1.54) is 17.0 Å². The smallest absolute Gasteiger partial charge is 0.264 e. The summed E-state index contributed by atoms with van der Waals surface area (Å²) in [5.74, 6) is -0.873. The number of halogens is 2. The fraction of sp³-hybridized carbons (Fsp3) is 0.310. The van der Waals surface area contributed by atoms with Crippen LogP contribution in [0.25, 0.3) is 0 Å². The maximum atomic E-state index is 14.1. The molecule has 1 N–H and O–H groups in total. The topological polar surface area (TPSA) is 86.8 Å². The predicted molar refractivity (Wildman–Crippen MR) is 157 cm³/mol. The fourth-order valence-electron chi connectivity index (χ4n) is 4.27. The van der Waals surface area contributed by atoms with Crippen molar-refractivity contribution in [2.75, 3.05) is 17.4 Å². The van der Waals surface area contributed by atoms with Crippen molar-refractivity contribution in [2.24, 2.45) is 0 Å². The first-order valence-electron chi connectivity index (χ1n) is 12.7. The van der Waals surface area contributed by atoms with Crippen molar-refractivity contribution in [3.05, 3.63) is 93.5 Å². The number of sulfonamides is 1. The van der Waals surface area contributed by atoms with Crippen LogP contribution in [0, 0.1) is 13.8 Å². The summed E-state index contributed by atoms with van der Waals surface area (Å²) in [6.45, 7) is 7.11. The van der Waals surface area contributed by atoms with Gasteiger partial charge in [-0.25, -0.2) is 8.42 Å². The maximum Gasteiger partial charge on any atom is 0.264 e. The van der Waals surface area contributed by atoms with Crippen LogP contribution in [0.1, 0.15) is 37.0 Å². The molecule has 39 heavy (non-hydrogen) atoms. The minimum absolute atomic E-state index is 0.00347. The number of nitrogens with one attached hydrogen (secondary N) is 1. The third-order valence-corrected chi connectivity index (χ3v) is 8.70. The average molecular weight is 591 g/mol. The number of nitrogens with zero attached hydrogens (tertiary/aromatic N) is 2. The molecule has 0 saturated carbocycles. The molecule has 7 nitrogen and oxygen atoms in total. The number of aryl methyl sites for hydroxylation is 2. The number of likely N-dealkylation sites (N-methyl/N-ethyl adjacent to an activating group) is 1. The first kappa shape index (κ1) is 30.5. The van der Waals surface area contributed by atoms with Gasteiger partial charge in [-0.1, -0.05) is 66.5 Å². The first-order chi connectivity index (χ1) is 18.5. The van der Waals surface area contributed by atoms with Crippen LogP contribution < -0.4 is 9.62 Å². The van der Waals surface area contributed by atoms with Crippen LogP contribution >= 0.6 is 23.2 Å². The van der Waals surface area contributed by atoms with Gasteiger partial charge in [0, 0.05) is 23.1 Å². The zero-order chi connectivity index (χ0) is 28.7. The number of carbonyl (C=O) groups excluding carboxylic acids is 2. The van der Waals surface area contributed by atoms with Crippen molar-refractivity contribution in [1.82, 2.24) is 10.2 Å². The van der Waals surface area contributed by atoms with Gasteiger partial charge in [0.15, 0.2) is 0 Å². The van der Waals surface area contributed by atoms with E-state index in [0.717, 1.165) is 9.87 Å². The Morgan fingerprint density at radius 2 is 1.64 bits per heavy atom. The highest BCUT2D eigenvalue weighted by Crippen LogP contribution is 2.29. The summed E-state index contributed by atoms with van der Waals surface area (Å²) in [5, 5.41) is 3.56. The van der Waals surface area contributed by atoms with Crippen LogP contribution in [-0.2, 0) is 26.2 Å². The molecule has 0 radical (unpaired) electrons. The van der Waals surface area contributed by atoms with Crippen LogP contribution in [0.15, 0.2) is 71.6 Å². The Hall–Kier alpha value is -3.07. The molecular formula is C29H33Cl2N3O4S. The molecule has 3 aromatic rings. The number of hydrogen-bond donors (Lipinski definition) is 1. The summed E-state index contributed by atoms with van der Waals surface area (Å²) in [7, 11) is -4.13. The van der Waals surface area contributed by atoms with Gasteiger partial charge in [0.1, 0.15) is 12.6 Å². The highest BCUT2D eigenvalue weighted by molar-refractivity contribution is 7.92. The van der Waals surface area contributed by atoms with E-state index in [-0.39, 0.29) is 17.3 Å². The maximum absolute atomic E-state index is 14.1. The highest BCUT2D eigenvalue weighted by Gasteiger charge is 2.34. The molecule has 0 aliphatic carbocycles. The van der Waals surface area contributed by atoms with Crippen LogP contribution in [0.4, 0.5) is 5.69 Å². The predicted octanol–water partition coefficient (Wildman–Crippen LogP) is 5.75. The lowest BCUT2D eigenvalue weighted by molar-refractivity contribution is -0.140. The summed E-state index contributed by atoms with van der Waals surface area (Å²) >= 11 is 12.5. The van der Waals surface area contributed by atoms with Crippen LogP contribution in [0.3, 0.4) is 0 Å². The average Bonchev–Trinajstić information content (AvgIpc) is 2.90. The number of carbonyl (C=O) groups is 2. The molecule has 0 aliphatic heterocycles. The van der Waals surface area contributed by atoms with Crippen LogP contribution in [-0.4, -0.2) is 44.3 Å². The molecule has 0 saturated heterocycles. The summed E-state index contributed by atoms with van der Waals surface area (Å²) in [6.07, 6.45) is 0.317. The third kappa shape index (κ3) is 7.32. The Kier molecular flexibility index (Phi) is 10.4. The van der Waals surface area contributed by atoms with E-state index >= 15 is 0 Å². The Morgan fingerprint density at radius 1 is 0.949 bits per heavy atom. The SMILES string of the molecule is CCNC(=O)[C@H](CC)N(Cc1ccc(Cl)cc1Cl)C(=O)CN(c1cc(C)ccc1C)S(=O)(=O)c1ccccc1. The standard InChI is InChI=1S/C29H33Cl2N3O4S/c1-5-26(29(36)32-6-2)33(18-22-14-15-23(30)17-25(22)31)28(35)19-34(27-16-20(3)12-13-21(27)4)39(37,38)24-10-8-7-9-11-24/h7-17,26H,5-6,18-19H2,1-4H3,(H,32,36)/t26-/m0/s1. The van der Waals surface area contributed by atoms with Gasteiger partial charge >= 0.3 is 0 Å². The number of rotatable bonds is 11. The zero-order valence-electron chi connectivity index (χ0n) is 22.4. The summed E-state index contributed by atoms with van der Waals surface area (Å²) in [4.78, 5) is 28.5. The highest BCUT2D eigenvalue weighted by atomic mass is 35.5. The van der Waals surface area contributed by atoms with Crippen LogP contribution in [0.5, 0.6) is 0 Å². The van der Waals surface area contributed by atoms with Crippen molar-refractivity contribution in [1.29, 1.82) is 0 Å². The fourth-order valence-corrected chi connectivity index (χ4v) is 6.23. The minimum atomic E-state index is -4.13. The van der Waals surface area contributed by atoms with E-state index in [1.807, 2.05) is 19.1 Å². The van der Waals surface area contributed by atoms with Gasteiger partial charge in [0.2, 0.25) is 11.8 Å². The van der Waals surface area contributed by atoms with Crippen molar-refractivity contribution in [2.45, 2.75) is 51.6 Å². The van der Waals surface area contributed by atoms with E-state index in [0.29, 0.717) is 39.8 Å². The number of amides is 2. The molecule has 208 valence electrons. The molecule has 0 heterocycles. The summed E-state index contributed by atoms with van der Waals surface area (Å²) in [6, 6.07) is 17.5. The molecule has 3 aromatic carbocycles. The lowest BCUT2D eigenvalue weighted by atomic mass is 10.1. The van der Waals surface area contributed by atoms with Gasteiger partial charge < -0.3 is 10.2 Å². The Bertz CT molecular complexity index is 1430. The van der Waals surface area contributed by atoms with Gasteiger partial charge in [0.25, 0.3) is 10.0 Å². The summed E-state index contributed by atoms with van der Waals surface area (Å²) < 4.78 is 29.0. The van der Waals surface area contributed by atoms with Crippen molar-refractivity contribution >= 4 is 50.7 Å².